The molecule has 6 heteroatoms. The fourth-order valence-electron chi connectivity index (χ4n) is 8.62. The molecular weight excluding hydrogens is 779 g/mol. The van der Waals surface area contributed by atoms with Crippen molar-refractivity contribution in [2.24, 2.45) is 0 Å². The molecule has 2 atom stereocenters. The number of nitrogens with one attached hydrogen (secondary N) is 1. The Balaban J connectivity index is 3.47. The fraction of sp³-hybridized carbons (Fsp3) is 0.895. The van der Waals surface area contributed by atoms with Crippen molar-refractivity contribution < 1.29 is 24.5 Å². The van der Waals surface area contributed by atoms with Gasteiger partial charge in [0.1, 0.15) is 0 Å². The van der Waals surface area contributed by atoms with Gasteiger partial charge in [0, 0.05) is 12.8 Å². The van der Waals surface area contributed by atoms with Gasteiger partial charge >= 0.3 is 5.97 Å². The zero-order valence-corrected chi connectivity index (χ0v) is 42.3. The third-order valence-electron chi connectivity index (χ3n) is 13.0. The van der Waals surface area contributed by atoms with Gasteiger partial charge in [0.25, 0.3) is 0 Å². The van der Waals surface area contributed by atoms with Gasteiger partial charge in [0.05, 0.1) is 25.4 Å². The lowest BCUT2D eigenvalue weighted by Gasteiger charge is -2.22. The largest absolute Gasteiger partial charge is 0.466 e. The smallest absolute Gasteiger partial charge is 0.305 e. The van der Waals surface area contributed by atoms with Crippen molar-refractivity contribution in [1.82, 2.24) is 5.32 Å². The van der Waals surface area contributed by atoms with Gasteiger partial charge < -0.3 is 20.3 Å². The highest BCUT2D eigenvalue weighted by Crippen LogP contribution is 2.17. The molecule has 372 valence electrons. The molecule has 0 radical (unpaired) electrons. The molecular formula is C57H109NO5. The third-order valence-corrected chi connectivity index (χ3v) is 13.0. The second-order valence-corrected chi connectivity index (χ2v) is 19.3. The van der Waals surface area contributed by atoms with Crippen LogP contribution in [-0.2, 0) is 14.3 Å². The van der Waals surface area contributed by atoms with Gasteiger partial charge in [-0.05, 0) is 70.6 Å². The van der Waals surface area contributed by atoms with Gasteiger partial charge in [-0.3, -0.25) is 9.59 Å². The van der Waals surface area contributed by atoms with Crippen molar-refractivity contribution >= 4 is 11.9 Å². The van der Waals surface area contributed by atoms with Crippen molar-refractivity contribution in [2.45, 2.75) is 315 Å². The van der Waals surface area contributed by atoms with Crippen molar-refractivity contribution in [1.29, 1.82) is 0 Å². The Kier molecular flexibility index (Phi) is 51.6. The summed E-state index contributed by atoms with van der Waals surface area (Å²) >= 11 is 0. The predicted octanol–water partition coefficient (Wildman–Crippen LogP) is 17.1. The SMILES string of the molecule is CCCC/C=C\CCCCCCCC(=O)OCCCCCCCC/C=C\CCCCCCCCCC(=O)NC(CO)C(O)CCCCCCCCCCCCCCCCCCCC. The first-order valence-electron chi connectivity index (χ1n) is 28.1. The normalized spacial score (nSPS) is 12.8. The number of unbranched alkanes of at least 4 members (excludes halogenated alkanes) is 37. The van der Waals surface area contributed by atoms with E-state index in [0.29, 0.717) is 25.9 Å². The van der Waals surface area contributed by atoms with Crippen LogP contribution in [0.4, 0.5) is 0 Å². The van der Waals surface area contributed by atoms with Gasteiger partial charge in [0.15, 0.2) is 0 Å². The minimum atomic E-state index is -0.672. The maximum Gasteiger partial charge on any atom is 0.305 e. The maximum atomic E-state index is 12.5. The molecule has 3 N–H and O–H groups in total. The summed E-state index contributed by atoms with van der Waals surface area (Å²) in [5, 5.41) is 23.3. The molecule has 0 aromatic heterocycles. The Bertz CT molecular complexity index is 982. The van der Waals surface area contributed by atoms with E-state index in [1.807, 2.05) is 0 Å². The standard InChI is InChI=1S/C57H109NO5/c1-3-5-7-9-11-13-15-16-17-18-20-23-26-30-33-37-41-45-49-55(60)54(53-59)58-56(61)50-46-42-38-34-31-27-24-21-19-22-25-28-32-36-40-44-48-52-63-57(62)51-47-43-39-35-29-14-12-10-8-6-4-2/h10,12,19,22,54-55,59-60H,3-9,11,13-18,20-21,23-53H2,1-2H3,(H,58,61)/b12-10-,22-19-. The summed E-state index contributed by atoms with van der Waals surface area (Å²) in [6, 6.07) is -0.551. The Hall–Kier alpha value is -1.66. The molecule has 0 rings (SSSR count). The van der Waals surface area contributed by atoms with Gasteiger partial charge in [0.2, 0.25) is 5.91 Å². The molecule has 0 saturated heterocycles. The molecule has 0 spiro atoms. The van der Waals surface area contributed by atoms with E-state index in [-0.39, 0.29) is 18.5 Å². The van der Waals surface area contributed by atoms with Crippen LogP contribution < -0.4 is 5.32 Å². The number of esters is 1. The van der Waals surface area contributed by atoms with E-state index in [1.165, 1.54) is 212 Å². The van der Waals surface area contributed by atoms with E-state index in [4.69, 9.17) is 4.74 Å². The number of ether oxygens (including phenoxy) is 1. The van der Waals surface area contributed by atoms with Crippen LogP contribution in [0.1, 0.15) is 303 Å². The molecule has 0 aromatic carbocycles. The Labute approximate surface area is 392 Å². The summed E-state index contributed by atoms with van der Waals surface area (Å²) in [4.78, 5) is 24.5. The van der Waals surface area contributed by atoms with Crippen LogP contribution in [0.2, 0.25) is 0 Å². The van der Waals surface area contributed by atoms with E-state index in [1.54, 1.807) is 0 Å². The molecule has 1 amide bonds. The van der Waals surface area contributed by atoms with Gasteiger partial charge in [-0.15, -0.1) is 0 Å². The first-order chi connectivity index (χ1) is 31.0. The molecule has 0 aliphatic carbocycles. The third kappa shape index (κ3) is 49.6. The van der Waals surface area contributed by atoms with Crippen molar-refractivity contribution in [3.8, 4) is 0 Å². The minimum Gasteiger partial charge on any atom is -0.466 e. The molecule has 0 heterocycles. The second-order valence-electron chi connectivity index (χ2n) is 19.3. The highest BCUT2D eigenvalue weighted by atomic mass is 16.5. The molecule has 0 aliphatic heterocycles. The summed E-state index contributed by atoms with van der Waals surface area (Å²) in [6.07, 6.45) is 63.0. The first kappa shape index (κ1) is 61.3. The molecule has 63 heavy (non-hydrogen) atoms. The van der Waals surface area contributed by atoms with Crippen molar-refractivity contribution in [2.75, 3.05) is 13.2 Å². The number of allylic oxidation sites excluding steroid dienone is 4. The Morgan fingerprint density at radius 2 is 0.762 bits per heavy atom. The lowest BCUT2D eigenvalue weighted by atomic mass is 10.0. The minimum absolute atomic E-state index is 0.0127. The first-order valence-corrected chi connectivity index (χ1v) is 28.1. The van der Waals surface area contributed by atoms with Gasteiger partial charge in [-0.1, -0.05) is 244 Å². The lowest BCUT2D eigenvalue weighted by Crippen LogP contribution is -2.45. The van der Waals surface area contributed by atoms with Crippen molar-refractivity contribution in [3.63, 3.8) is 0 Å². The van der Waals surface area contributed by atoms with E-state index in [0.717, 1.165) is 57.8 Å². The highest BCUT2D eigenvalue weighted by molar-refractivity contribution is 5.76. The number of hydrogen-bond donors (Lipinski definition) is 3. The van der Waals surface area contributed by atoms with Crippen LogP contribution in [0.3, 0.4) is 0 Å². The predicted molar refractivity (Wildman–Crippen MR) is 273 cm³/mol. The van der Waals surface area contributed by atoms with E-state index < -0.39 is 12.1 Å². The highest BCUT2D eigenvalue weighted by Gasteiger charge is 2.20. The van der Waals surface area contributed by atoms with Crippen LogP contribution in [0, 0.1) is 0 Å². The molecule has 6 nitrogen and oxygen atoms in total. The summed E-state index contributed by atoms with van der Waals surface area (Å²) < 4.78 is 5.44. The quantitative estimate of drug-likeness (QED) is 0.0321. The zero-order valence-electron chi connectivity index (χ0n) is 42.3. The average molecular weight is 889 g/mol. The Morgan fingerprint density at radius 3 is 1.17 bits per heavy atom. The van der Waals surface area contributed by atoms with Crippen LogP contribution in [0.15, 0.2) is 24.3 Å². The van der Waals surface area contributed by atoms with E-state index >= 15 is 0 Å². The molecule has 0 saturated carbocycles. The number of carbonyl (C=O) groups excluding carboxylic acids is 2. The number of amides is 1. The fourth-order valence-corrected chi connectivity index (χ4v) is 8.62. The zero-order chi connectivity index (χ0) is 45.8. The summed E-state index contributed by atoms with van der Waals surface area (Å²) in [7, 11) is 0. The van der Waals surface area contributed by atoms with Gasteiger partial charge in [-0.25, -0.2) is 0 Å². The number of carbonyl (C=O) groups is 2. The molecule has 0 aromatic rings. The second kappa shape index (κ2) is 53.0. The topological polar surface area (TPSA) is 95.9 Å². The number of aliphatic hydroxyl groups is 2. The molecule has 0 aliphatic rings. The maximum absolute atomic E-state index is 12.5. The van der Waals surface area contributed by atoms with Crippen molar-refractivity contribution in [3.05, 3.63) is 24.3 Å². The Morgan fingerprint density at radius 1 is 0.429 bits per heavy atom. The number of rotatable bonds is 52. The van der Waals surface area contributed by atoms with Crippen LogP contribution in [-0.4, -0.2) is 47.4 Å². The van der Waals surface area contributed by atoms with E-state index in [2.05, 4.69) is 43.5 Å². The summed E-state index contributed by atoms with van der Waals surface area (Å²) in [5.41, 5.74) is 0. The van der Waals surface area contributed by atoms with Gasteiger partial charge in [-0.2, -0.15) is 0 Å². The average Bonchev–Trinajstić information content (AvgIpc) is 3.28. The molecule has 0 fully saturated rings. The number of hydrogen-bond acceptors (Lipinski definition) is 5. The van der Waals surface area contributed by atoms with Crippen LogP contribution in [0.5, 0.6) is 0 Å². The lowest BCUT2D eigenvalue weighted by molar-refractivity contribution is -0.143. The summed E-state index contributed by atoms with van der Waals surface area (Å²) in [6.45, 7) is 4.90. The van der Waals surface area contributed by atoms with E-state index in [9.17, 15) is 19.8 Å². The number of aliphatic hydroxyl groups excluding tert-OH is 2. The van der Waals surface area contributed by atoms with Crippen LogP contribution >= 0.6 is 0 Å². The molecule has 2 unspecified atom stereocenters. The molecule has 0 bridgehead atoms. The monoisotopic (exact) mass is 888 g/mol. The summed E-state index contributed by atoms with van der Waals surface area (Å²) in [5.74, 6) is -0.0581. The van der Waals surface area contributed by atoms with Crippen LogP contribution in [0.25, 0.3) is 0 Å².